The van der Waals surface area contributed by atoms with Crippen molar-refractivity contribution in [2.75, 3.05) is 31.6 Å². The van der Waals surface area contributed by atoms with Crippen molar-refractivity contribution in [2.45, 2.75) is 53.0 Å². The Kier molecular flexibility index (Phi) is 7.40. The van der Waals surface area contributed by atoms with Gasteiger partial charge in [0, 0.05) is 43.8 Å². The molecule has 0 bridgehead atoms. The van der Waals surface area contributed by atoms with E-state index in [0.717, 1.165) is 11.3 Å². The van der Waals surface area contributed by atoms with Crippen molar-refractivity contribution in [3.63, 3.8) is 0 Å². The highest BCUT2D eigenvalue weighted by Crippen LogP contribution is 2.37. The molecule has 0 aromatic heterocycles. The first-order valence-corrected chi connectivity index (χ1v) is 10.7. The van der Waals surface area contributed by atoms with Gasteiger partial charge in [0.05, 0.1) is 0 Å². The van der Waals surface area contributed by atoms with E-state index >= 15 is 0 Å². The zero-order chi connectivity index (χ0) is 22.7. The summed E-state index contributed by atoms with van der Waals surface area (Å²) in [6.07, 6.45) is 0.436. The second kappa shape index (κ2) is 9.25. The van der Waals surface area contributed by atoms with Crippen molar-refractivity contribution < 1.29 is 14.4 Å². The van der Waals surface area contributed by atoms with Gasteiger partial charge in [0.25, 0.3) is 5.91 Å². The number of hydrogen-bond acceptors (Lipinski definition) is 4. The summed E-state index contributed by atoms with van der Waals surface area (Å²) in [5.74, 6) is -0.404. The third-order valence-corrected chi connectivity index (χ3v) is 6.19. The molecular formula is C22H33ClN4O3. The van der Waals surface area contributed by atoms with Crippen LogP contribution in [0.15, 0.2) is 18.2 Å². The van der Waals surface area contributed by atoms with E-state index in [1.165, 1.54) is 0 Å². The van der Waals surface area contributed by atoms with Crippen LogP contribution in [0.3, 0.4) is 0 Å². The summed E-state index contributed by atoms with van der Waals surface area (Å²) in [6.45, 7) is 11.4. The van der Waals surface area contributed by atoms with Crippen molar-refractivity contribution in [3.05, 3.63) is 28.8 Å². The van der Waals surface area contributed by atoms with Gasteiger partial charge < -0.3 is 15.1 Å². The molecule has 2 rings (SSSR count). The monoisotopic (exact) mass is 436 g/mol. The average Bonchev–Trinajstić information content (AvgIpc) is 2.96. The number of hydrogen-bond donors (Lipinski definition) is 2. The van der Waals surface area contributed by atoms with E-state index in [1.54, 1.807) is 4.90 Å². The van der Waals surface area contributed by atoms with Crippen LogP contribution in [0.2, 0.25) is 5.02 Å². The second-order valence-corrected chi connectivity index (χ2v) is 9.33. The molecule has 4 amide bonds. The molecule has 1 fully saturated rings. The number of benzene rings is 1. The summed E-state index contributed by atoms with van der Waals surface area (Å²) in [5, 5.41) is 5.76. The molecule has 166 valence electrons. The maximum atomic E-state index is 12.9. The molecule has 1 atom stereocenters. The molecule has 0 spiro atoms. The number of carbonyl (C=O) groups excluding carboxylic acids is 3. The maximum Gasteiger partial charge on any atom is 0.322 e. The Morgan fingerprint density at radius 3 is 2.40 bits per heavy atom. The Bertz CT molecular complexity index is 821. The van der Waals surface area contributed by atoms with Crippen LogP contribution in [0.5, 0.6) is 0 Å². The Hall–Kier alpha value is -2.28. The summed E-state index contributed by atoms with van der Waals surface area (Å²) in [5.41, 5.74) is 0.535. The van der Waals surface area contributed by atoms with E-state index in [-0.39, 0.29) is 24.7 Å². The number of aryl methyl sites for hydroxylation is 1. The number of nitrogens with one attached hydrogen (secondary N) is 2. The number of carbonyl (C=O) groups is 3. The largest absolute Gasteiger partial charge is 0.373 e. The molecule has 1 heterocycles. The third kappa shape index (κ3) is 5.06. The molecular weight excluding hydrogens is 404 g/mol. The van der Waals surface area contributed by atoms with E-state index in [1.807, 2.05) is 59.9 Å². The minimum Gasteiger partial charge on any atom is -0.373 e. The highest BCUT2D eigenvalue weighted by atomic mass is 35.5. The first-order valence-electron chi connectivity index (χ1n) is 10.3. The van der Waals surface area contributed by atoms with Gasteiger partial charge in [-0.25, -0.2) is 4.79 Å². The standard InChI is InChI=1S/C22H33ClN4O3/c1-7-27(13-12-26(6)17-14-16(23)9-8-15(17)2)18(28)10-11-22(21(3,4)5)19(29)24-20(30)25-22/h8-9,14H,7,10-13H2,1-6H3,(H2,24,25,29,30). The fourth-order valence-electron chi connectivity index (χ4n) is 3.87. The van der Waals surface area contributed by atoms with Gasteiger partial charge in [-0.05, 0) is 43.4 Å². The average molecular weight is 437 g/mol. The lowest BCUT2D eigenvalue weighted by atomic mass is 9.71. The minimum absolute atomic E-state index is 0.0358. The first kappa shape index (κ1) is 24.0. The number of anilines is 1. The Morgan fingerprint density at radius 2 is 1.87 bits per heavy atom. The van der Waals surface area contributed by atoms with Gasteiger partial charge in [0.2, 0.25) is 5.91 Å². The van der Waals surface area contributed by atoms with E-state index in [2.05, 4.69) is 15.5 Å². The van der Waals surface area contributed by atoms with Crippen molar-refractivity contribution in [1.29, 1.82) is 0 Å². The highest BCUT2D eigenvalue weighted by Gasteiger charge is 2.54. The van der Waals surface area contributed by atoms with Crippen molar-refractivity contribution in [2.24, 2.45) is 5.41 Å². The van der Waals surface area contributed by atoms with Crippen LogP contribution < -0.4 is 15.5 Å². The van der Waals surface area contributed by atoms with E-state index in [0.29, 0.717) is 24.7 Å². The fourth-order valence-corrected chi connectivity index (χ4v) is 4.03. The zero-order valence-corrected chi connectivity index (χ0v) is 19.5. The second-order valence-electron chi connectivity index (χ2n) is 8.89. The van der Waals surface area contributed by atoms with E-state index in [4.69, 9.17) is 11.6 Å². The SMILES string of the molecule is CCN(CCN(C)c1cc(Cl)ccc1C)C(=O)CCC1(C(C)(C)C)NC(=O)NC1=O. The molecule has 1 unspecified atom stereocenters. The molecule has 2 N–H and O–H groups in total. The summed E-state index contributed by atoms with van der Waals surface area (Å²) >= 11 is 6.12. The normalized spacial score (nSPS) is 18.8. The van der Waals surface area contributed by atoms with Crippen molar-refractivity contribution >= 4 is 35.1 Å². The van der Waals surface area contributed by atoms with Crippen LogP contribution in [0, 0.1) is 12.3 Å². The van der Waals surface area contributed by atoms with Gasteiger partial charge in [-0.2, -0.15) is 0 Å². The Morgan fingerprint density at radius 1 is 1.20 bits per heavy atom. The zero-order valence-electron chi connectivity index (χ0n) is 18.8. The van der Waals surface area contributed by atoms with Gasteiger partial charge >= 0.3 is 6.03 Å². The van der Waals surface area contributed by atoms with Gasteiger partial charge in [0.1, 0.15) is 5.54 Å². The molecule has 0 radical (unpaired) electrons. The third-order valence-electron chi connectivity index (χ3n) is 5.96. The number of urea groups is 1. The number of imide groups is 1. The lowest BCUT2D eigenvalue weighted by Crippen LogP contribution is -2.57. The van der Waals surface area contributed by atoms with Gasteiger partial charge in [0.15, 0.2) is 0 Å². The smallest absolute Gasteiger partial charge is 0.322 e. The number of nitrogens with zero attached hydrogens (tertiary/aromatic N) is 2. The predicted molar refractivity (Wildman–Crippen MR) is 120 cm³/mol. The molecule has 1 saturated heterocycles. The molecule has 8 heteroatoms. The van der Waals surface area contributed by atoms with Crippen LogP contribution in [0.1, 0.15) is 46.1 Å². The quantitative estimate of drug-likeness (QED) is 0.612. The number of halogens is 1. The van der Waals surface area contributed by atoms with E-state index in [9.17, 15) is 14.4 Å². The van der Waals surface area contributed by atoms with Crippen LogP contribution in [0.25, 0.3) is 0 Å². The first-order chi connectivity index (χ1) is 13.9. The molecule has 30 heavy (non-hydrogen) atoms. The lowest BCUT2D eigenvalue weighted by Gasteiger charge is -2.39. The summed E-state index contributed by atoms with van der Waals surface area (Å²) in [7, 11) is 1.98. The lowest BCUT2D eigenvalue weighted by molar-refractivity contribution is -0.133. The summed E-state index contributed by atoms with van der Waals surface area (Å²) in [6, 6.07) is 5.25. The molecule has 1 aromatic carbocycles. The summed E-state index contributed by atoms with van der Waals surface area (Å²) in [4.78, 5) is 41.0. The molecule has 7 nitrogen and oxygen atoms in total. The molecule has 1 aromatic rings. The van der Waals surface area contributed by atoms with Crippen molar-refractivity contribution in [1.82, 2.24) is 15.5 Å². The minimum atomic E-state index is -1.09. The number of likely N-dealkylation sites (N-methyl/N-ethyl adjacent to an activating group) is 2. The highest BCUT2D eigenvalue weighted by molar-refractivity contribution is 6.30. The molecule has 0 aliphatic carbocycles. The number of amides is 4. The van der Waals surface area contributed by atoms with Crippen LogP contribution in [-0.4, -0.2) is 55.0 Å². The van der Waals surface area contributed by atoms with Crippen LogP contribution in [0.4, 0.5) is 10.5 Å². The number of rotatable bonds is 8. The van der Waals surface area contributed by atoms with Gasteiger partial charge in [-0.15, -0.1) is 0 Å². The molecule has 1 aliphatic rings. The molecule has 1 aliphatic heterocycles. The topological polar surface area (TPSA) is 81.8 Å². The van der Waals surface area contributed by atoms with Crippen LogP contribution in [-0.2, 0) is 9.59 Å². The predicted octanol–water partition coefficient (Wildman–Crippen LogP) is 3.34. The van der Waals surface area contributed by atoms with Gasteiger partial charge in [-0.3, -0.25) is 14.9 Å². The van der Waals surface area contributed by atoms with Crippen LogP contribution >= 0.6 is 11.6 Å². The Labute approximate surface area is 184 Å². The fraction of sp³-hybridized carbons (Fsp3) is 0.591. The van der Waals surface area contributed by atoms with E-state index < -0.39 is 17.0 Å². The van der Waals surface area contributed by atoms with Crippen molar-refractivity contribution in [3.8, 4) is 0 Å². The van der Waals surface area contributed by atoms with Gasteiger partial charge in [-0.1, -0.05) is 38.4 Å². The maximum absolute atomic E-state index is 12.9. The molecule has 0 saturated carbocycles. The Balaban J connectivity index is 2.01. The summed E-state index contributed by atoms with van der Waals surface area (Å²) < 4.78 is 0.